The Hall–Kier alpha value is -1.91. The maximum Gasteiger partial charge on any atom is 0.185 e. The van der Waals surface area contributed by atoms with Crippen LogP contribution in [0.2, 0.25) is 0 Å². The highest BCUT2D eigenvalue weighted by Crippen LogP contribution is 2.41. The van der Waals surface area contributed by atoms with Crippen LogP contribution in [0.15, 0.2) is 23.0 Å². The molecule has 2 saturated carbocycles. The molecule has 0 saturated heterocycles. The Kier molecular flexibility index (Phi) is 3.79. The molecule has 0 N–H and O–H groups in total. The van der Waals surface area contributed by atoms with E-state index in [1.165, 1.54) is 12.8 Å². The molecule has 2 atom stereocenters. The normalized spacial score (nSPS) is 24.7. The summed E-state index contributed by atoms with van der Waals surface area (Å²) in [5, 5.41) is 3.98. The van der Waals surface area contributed by atoms with Gasteiger partial charge in [0.05, 0.1) is 0 Å². The van der Waals surface area contributed by atoms with Crippen LogP contribution in [0.3, 0.4) is 0 Å². The molecule has 0 bridgehead atoms. The molecule has 5 heteroatoms. The Morgan fingerprint density at radius 3 is 2.91 bits per heavy atom. The van der Waals surface area contributed by atoms with Crippen molar-refractivity contribution in [1.82, 2.24) is 14.7 Å². The summed E-state index contributed by atoms with van der Waals surface area (Å²) >= 11 is 0. The molecule has 0 spiro atoms. The zero-order chi connectivity index (χ0) is 15.8. The number of rotatable bonds is 5. The second-order valence-electron chi connectivity index (χ2n) is 7.14. The number of Topliss-reactive ketones (excluding diaryl/α,β-unsaturated/α-hetero) is 1. The highest BCUT2D eigenvalue weighted by Gasteiger charge is 2.31. The Morgan fingerprint density at radius 2 is 2.17 bits per heavy atom. The van der Waals surface area contributed by atoms with E-state index in [9.17, 15) is 4.79 Å². The first-order chi connectivity index (χ1) is 11.2. The van der Waals surface area contributed by atoms with Crippen LogP contribution >= 0.6 is 0 Å². The average Bonchev–Trinajstić information content (AvgIpc) is 3.11. The lowest BCUT2D eigenvalue weighted by Crippen LogP contribution is -2.19. The quantitative estimate of drug-likeness (QED) is 0.787. The van der Waals surface area contributed by atoms with E-state index in [4.69, 9.17) is 4.52 Å². The lowest BCUT2D eigenvalue weighted by atomic mass is 9.78. The van der Waals surface area contributed by atoms with Crippen molar-refractivity contribution in [3.63, 3.8) is 0 Å². The molecular weight excluding hydrogens is 290 g/mol. The molecular formula is C18H23N3O2. The van der Waals surface area contributed by atoms with Gasteiger partial charge < -0.3 is 9.09 Å². The maximum atomic E-state index is 12.5. The van der Waals surface area contributed by atoms with Gasteiger partial charge in [-0.1, -0.05) is 11.6 Å². The van der Waals surface area contributed by atoms with Crippen LogP contribution in [0, 0.1) is 5.92 Å². The maximum absolute atomic E-state index is 12.5. The van der Waals surface area contributed by atoms with Crippen molar-refractivity contribution in [3.8, 4) is 0 Å². The minimum Gasteiger partial charge on any atom is -0.360 e. The van der Waals surface area contributed by atoms with Gasteiger partial charge in [0.1, 0.15) is 17.3 Å². The molecule has 2 aromatic rings. The summed E-state index contributed by atoms with van der Waals surface area (Å²) in [6.07, 6.45) is 11.3. The van der Waals surface area contributed by atoms with Crippen molar-refractivity contribution in [2.75, 3.05) is 0 Å². The molecule has 0 radical (unpaired) electrons. The molecule has 0 aromatic carbocycles. The van der Waals surface area contributed by atoms with Crippen LogP contribution in [0.5, 0.6) is 0 Å². The van der Waals surface area contributed by atoms with Gasteiger partial charge >= 0.3 is 0 Å². The van der Waals surface area contributed by atoms with Gasteiger partial charge in [-0.05, 0) is 38.0 Å². The van der Waals surface area contributed by atoms with Crippen molar-refractivity contribution in [2.24, 2.45) is 13.0 Å². The summed E-state index contributed by atoms with van der Waals surface area (Å²) in [5.74, 6) is 3.58. The van der Waals surface area contributed by atoms with Gasteiger partial charge in [0.25, 0.3) is 0 Å². The molecule has 2 heterocycles. The lowest BCUT2D eigenvalue weighted by Gasteiger charge is -2.28. The lowest BCUT2D eigenvalue weighted by molar-refractivity contribution is 0.0937. The topological polar surface area (TPSA) is 60.9 Å². The molecule has 0 aliphatic heterocycles. The number of aromatic nitrogens is 3. The van der Waals surface area contributed by atoms with Gasteiger partial charge in [0.2, 0.25) is 0 Å². The first-order valence-electron chi connectivity index (χ1n) is 8.67. The Bertz CT molecular complexity index is 699. The summed E-state index contributed by atoms with van der Waals surface area (Å²) in [6.45, 7) is 0. The van der Waals surface area contributed by atoms with Crippen molar-refractivity contribution in [1.29, 1.82) is 0 Å². The number of hydrogen-bond acceptors (Lipinski definition) is 4. The predicted molar refractivity (Wildman–Crippen MR) is 85.3 cm³/mol. The van der Waals surface area contributed by atoms with Crippen molar-refractivity contribution in [2.45, 2.75) is 56.8 Å². The third-order valence-corrected chi connectivity index (χ3v) is 5.27. The minimum atomic E-state index is 0.131. The highest BCUT2D eigenvalue weighted by atomic mass is 16.5. The summed E-state index contributed by atoms with van der Waals surface area (Å²) in [4.78, 5) is 17.0. The number of carbonyl (C=O) groups is 1. The molecule has 2 fully saturated rings. The predicted octanol–water partition coefficient (Wildman–Crippen LogP) is 3.83. The number of carbonyl (C=O) groups excluding carboxylic acids is 1. The van der Waals surface area contributed by atoms with Gasteiger partial charge in [0, 0.05) is 43.8 Å². The molecule has 0 unspecified atom stereocenters. The highest BCUT2D eigenvalue weighted by molar-refractivity contribution is 5.94. The van der Waals surface area contributed by atoms with E-state index in [0.29, 0.717) is 29.9 Å². The standard InChI is InChI=1S/C18H23N3O2/c1-21-8-7-19-18(21)14-4-2-3-12(9-14)10-16(22)15-11-17(23-20-15)13-5-6-13/h7-8,11-14H,2-6,9-10H2,1H3/t12-,14+/m0/s1. The number of ketones is 1. The second-order valence-corrected chi connectivity index (χ2v) is 7.14. The van der Waals surface area contributed by atoms with Crippen LogP contribution in [-0.2, 0) is 7.05 Å². The Balaban J connectivity index is 1.39. The number of aryl methyl sites for hydroxylation is 1. The fourth-order valence-electron chi connectivity index (χ4n) is 3.83. The molecule has 4 rings (SSSR count). The van der Waals surface area contributed by atoms with Crippen LogP contribution in [0.1, 0.15) is 78.9 Å². The van der Waals surface area contributed by atoms with Gasteiger partial charge in [-0.3, -0.25) is 4.79 Å². The summed E-state index contributed by atoms with van der Waals surface area (Å²) in [7, 11) is 2.05. The van der Waals surface area contributed by atoms with E-state index in [1.54, 1.807) is 0 Å². The number of hydrogen-bond donors (Lipinski definition) is 0. The van der Waals surface area contributed by atoms with E-state index in [1.807, 2.05) is 25.5 Å². The molecule has 5 nitrogen and oxygen atoms in total. The van der Waals surface area contributed by atoms with Crippen molar-refractivity contribution in [3.05, 3.63) is 35.7 Å². The summed E-state index contributed by atoms with van der Waals surface area (Å²) < 4.78 is 7.42. The van der Waals surface area contributed by atoms with E-state index in [0.717, 1.165) is 37.3 Å². The van der Waals surface area contributed by atoms with E-state index in [2.05, 4.69) is 14.7 Å². The van der Waals surface area contributed by atoms with E-state index >= 15 is 0 Å². The van der Waals surface area contributed by atoms with Gasteiger partial charge in [-0.25, -0.2) is 4.98 Å². The molecule has 2 aromatic heterocycles. The Labute approximate surface area is 136 Å². The first kappa shape index (κ1) is 14.7. The fraction of sp³-hybridized carbons (Fsp3) is 0.611. The van der Waals surface area contributed by atoms with Crippen molar-refractivity contribution < 1.29 is 9.32 Å². The molecule has 122 valence electrons. The van der Waals surface area contributed by atoms with E-state index in [-0.39, 0.29) is 5.78 Å². The van der Waals surface area contributed by atoms with Crippen LogP contribution in [0.25, 0.3) is 0 Å². The third-order valence-electron chi connectivity index (χ3n) is 5.27. The van der Waals surface area contributed by atoms with Crippen LogP contribution < -0.4 is 0 Å². The smallest absolute Gasteiger partial charge is 0.185 e. The zero-order valence-corrected chi connectivity index (χ0v) is 13.6. The zero-order valence-electron chi connectivity index (χ0n) is 13.6. The summed E-state index contributed by atoms with van der Waals surface area (Å²) in [5.41, 5.74) is 0.519. The van der Waals surface area contributed by atoms with Gasteiger partial charge in [0.15, 0.2) is 5.78 Å². The number of imidazole rings is 1. The van der Waals surface area contributed by atoms with Crippen LogP contribution in [0.4, 0.5) is 0 Å². The van der Waals surface area contributed by atoms with Gasteiger partial charge in [-0.2, -0.15) is 0 Å². The third kappa shape index (κ3) is 3.09. The SMILES string of the molecule is Cn1ccnc1[C@@H]1CCC[C@H](CC(=O)c2cc(C3CC3)on2)C1. The van der Waals surface area contributed by atoms with Crippen molar-refractivity contribution >= 4 is 5.78 Å². The molecule has 0 amide bonds. The molecule has 23 heavy (non-hydrogen) atoms. The monoisotopic (exact) mass is 313 g/mol. The minimum absolute atomic E-state index is 0.131. The van der Waals surface area contributed by atoms with E-state index < -0.39 is 0 Å². The Morgan fingerprint density at radius 1 is 1.30 bits per heavy atom. The summed E-state index contributed by atoms with van der Waals surface area (Å²) in [6, 6.07) is 1.86. The average molecular weight is 313 g/mol. The molecule has 2 aliphatic carbocycles. The first-order valence-corrected chi connectivity index (χ1v) is 8.67. The molecule has 2 aliphatic rings. The fourth-order valence-corrected chi connectivity index (χ4v) is 3.83. The van der Waals surface area contributed by atoms with Crippen LogP contribution in [-0.4, -0.2) is 20.5 Å². The second kappa shape index (κ2) is 5.95. The van der Waals surface area contributed by atoms with Gasteiger partial charge in [-0.15, -0.1) is 0 Å². The largest absolute Gasteiger partial charge is 0.360 e. The number of nitrogens with zero attached hydrogens (tertiary/aromatic N) is 3.